The summed E-state index contributed by atoms with van der Waals surface area (Å²) in [5, 5.41) is 1.01. The maximum atomic E-state index is 12.9. The Kier molecular flexibility index (Phi) is 4.84. The molecule has 0 aliphatic rings. The van der Waals surface area contributed by atoms with Gasteiger partial charge in [-0.1, -0.05) is 19.9 Å². The van der Waals surface area contributed by atoms with Crippen LogP contribution in [0.5, 0.6) is 0 Å². The molecule has 0 spiro atoms. The van der Waals surface area contributed by atoms with Gasteiger partial charge in [0.05, 0.1) is 17.6 Å². The summed E-state index contributed by atoms with van der Waals surface area (Å²) in [7, 11) is 1.58. The summed E-state index contributed by atoms with van der Waals surface area (Å²) < 4.78 is 42.5. The molecule has 3 aromatic heterocycles. The smallest absolute Gasteiger partial charge is 0.360 e. The normalized spacial score (nSPS) is 12.9. The second-order valence-electron chi connectivity index (χ2n) is 8.32. The van der Waals surface area contributed by atoms with E-state index < -0.39 is 18.0 Å². The Morgan fingerprint density at radius 3 is 2.60 bits per heavy atom. The minimum atomic E-state index is -4.30. The van der Waals surface area contributed by atoms with Crippen molar-refractivity contribution in [3.05, 3.63) is 51.5 Å². The highest BCUT2D eigenvalue weighted by molar-refractivity contribution is 9.10. The van der Waals surface area contributed by atoms with E-state index in [-0.39, 0.29) is 12.2 Å². The molecule has 30 heavy (non-hydrogen) atoms. The molecule has 158 valence electrons. The van der Waals surface area contributed by atoms with Crippen LogP contribution in [0.15, 0.2) is 45.8 Å². The van der Waals surface area contributed by atoms with Crippen molar-refractivity contribution < 1.29 is 13.2 Å². The Hall–Kier alpha value is -2.55. The highest BCUT2D eigenvalue weighted by Gasteiger charge is 2.37. The van der Waals surface area contributed by atoms with Crippen LogP contribution < -0.4 is 5.69 Å². The summed E-state index contributed by atoms with van der Waals surface area (Å²) in [5.41, 5.74) is 1.99. The van der Waals surface area contributed by atoms with Crippen molar-refractivity contribution in [1.82, 2.24) is 19.1 Å². The molecular formula is C21H20BrF3N4O. The molecule has 1 aromatic carbocycles. The molecule has 1 N–H and O–H groups in total. The molecule has 0 saturated heterocycles. The van der Waals surface area contributed by atoms with E-state index in [9.17, 15) is 18.0 Å². The Bertz CT molecular complexity index is 1310. The molecule has 0 amide bonds. The lowest BCUT2D eigenvalue weighted by Crippen LogP contribution is -2.32. The summed E-state index contributed by atoms with van der Waals surface area (Å²) in [6, 6.07) is 9.41. The second-order valence-corrected chi connectivity index (χ2v) is 9.17. The first-order valence-corrected chi connectivity index (χ1v) is 10.1. The summed E-state index contributed by atoms with van der Waals surface area (Å²) in [4.78, 5) is 20.6. The molecule has 0 radical (unpaired) electrons. The van der Waals surface area contributed by atoms with Crippen molar-refractivity contribution in [3.8, 4) is 11.3 Å². The quantitative estimate of drug-likeness (QED) is 0.411. The lowest BCUT2D eigenvalue weighted by atomic mass is 9.89. The minimum Gasteiger partial charge on any atom is -0.360 e. The van der Waals surface area contributed by atoms with Gasteiger partial charge in [-0.3, -0.25) is 9.13 Å². The summed E-state index contributed by atoms with van der Waals surface area (Å²) in [5.74, 6) is 0. The van der Waals surface area contributed by atoms with E-state index in [4.69, 9.17) is 0 Å². The zero-order valence-corrected chi connectivity index (χ0v) is 18.2. The third kappa shape index (κ3) is 3.78. The van der Waals surface area contributed by atoms with Crippen LogP contribution in [-0.2, 0) is 13.6 Å². The van der Waals surface area contributed by atoms with Crippen molar-refractivity contribution in [2.45, 2.75) is 33.0 Å². The van der Waals surface area contributed by atoms with Gasteiger partial charge in [-0.05, 0) is 45.6 Å². The predicted molar refractivity (Wildman–Crippen MR) is 114 cm³/mol. The summed E-state index contributed by atoms with van der Waals surface area (Å²) in [6.45, 7) is 2.97. The molecule has 4 aromatic rings. The van der Waals surface area contributed by atoms with Gasteiger partial charge in [-0.15, -0.1) is 0 Å². The average molecular weight is 481 g/mol. The van der Waals surface area contributed by atoms with Crippen LogP contribution in [0.1, 0.15) is 20.3 Å². The second kappa shape index (κ2) is 7.01. The SMILES string of the molecule is Cn1c(=O)n(CC(C)(C)CC(F)(F)F)c2ccc(-c3ccc4[nH]cc(Br)c4c3)nc21. The number of H-pyrrole nitrogens is 1. The maximum Gasteiger partial charge on any atom is 0.389 e. The third-order valence-electron chi connectivity index (χ3n) is 5.17. The van der Waals surface area contributed by atoms with Crippen LogP contribution in [0.3, 0.4) is 0 Å². The standard InChI is InChI=1S/C21H20BrF3N4O/c1-20(2,10-21(23,24)25)11-29-17-7-6-15(27-18(17)28(3)19(29)30)12-4-5-16-13(8-12)14(22)9-26-16/h4-9,26H,10-11H2,1-3H3. The number of aromatic nitrogens is 4. The summed E-state index contributed by atoms with van der Waals surface area (Å²) in [6.07, 6.45) is -3.41. The van der Waals surface area contributed by atoms with E-state index in [2.05, 4.69) is 25.9 Å². The van der Waals surface area contributed by atoms with Gasteiger partial charge in [-0.25, -0.2) is 9.78 Å². The molecule has 0 unspecified atom stereocenters. The molecule has 4 rings (SSSR count). The number of fused-ring (bicyclic) bond motifs is 2. The fraction of sp³-hybridized carbons (Fsp3) is 0.333. The van der Waals surface area contributed by atoms with Gasteiger partial charge >= 0.3 is 11.9 Å². The van der Waals surface area contributed by atoms with Crippen molar-refractivity contribution in [2.75, 3.05) is 0 Å². The highest BCUT2D eigenvalue weighted by atomic mass is 79.9. The Morgan fingerprint density at radius 2 is 1.90 bits per heavy atom. The van der Waals surface area contributed by atoms with Crippen LogP contribution in [-0.4, -0.2) is 25.3 Å². The molecule has 0 atom stereocenters. The van der Waals surface area contributed by atoms with Gasteiger partial charge in [0, 0.05) is 40.7 Å². The Balaban J connectivity index is 1.78. The van der Waals surface area contributed by atoms with E-state index in [1.807, 2.05) is 24.4 Å². The molecular weight excluding hydrogens is 461 g/mol. The number of pyridine rings is 1. The van der Waals surface area contributed by atoms with Crippen LogP contribution >= 0.6 is 15.9 Å². The van der Waals surface area contributed by atoms with Gasteiger partial charge in [-0.2, -0.15) is 13.2 Å². The number of hydrogen-bond donors (Lipinski definition) is 1. The van der Waals surface area contributed by atoms with E-state index in [1.165, 1.54) is 23.0 Å². The van der Waals surface area contributed by atoms with Crippen LogP contribution in [0.2, 0.25) is 0 Å². The molecule has 0 fully saturated rings. The number of aryl methyl sites for hydroxylation is 1. The molecule has 0 saturated carbocycles. The number of alkyl halides is 3. The number of benzene rings is 1. The van der Waals surface area contributed by atoms with Gasteiger partial charge < -0.3 is 4.98 Å². The van der Waals surface area contributed by atoms with Crippen molar-refractivity contribution in [2.24, 2.45) is 12.5 Å². The fourth-order valence-electron chi connectivity index (χ4n) is 3.86. The maximum absolute atomic E-state index is 12.9. The van der Waals surface area contributed by atoms with Crippen molar-refractivity contribution in [3.63, 3.8) is 0 Å². The number of rotatable bonds is 4. The van der Waals surface area contributed by atoms with Crippen molar-refractivity contribution in [1.29, 1.82) is 0 Å². The van der Waals surface area contributed by atoms with Crippen LogP contribution in [0.25, 0.3) is 33.3 Å². The van der Waals surface area contributed by atoms with Crippen molar-refractivity contribution >= 4 is 38.0 Å². The van der Waals surface area contributed by atoms with E-state index >= 15 is 0 Å². The third-order valence-corrected chi connectivity index (χ3v) is 5.83. The first kappa shape index (κ1) is 20.7. The van der Waals surface area contributed by atoms with Crippen LogP contribution in [0.4, 0.5) is 13.2 Å². The van der Waals surface area contributed by atoms with Crippen LogP contribution in [0, 0.1) is 5.41 Å². The van der Waals surface area contributed by atoms with E-state index in [0.29, 0.717) is 16.9 Å². The van der Waals surface area contributed by atoms with Gasteiger partial charge in [0.15, 0.2) is 5.65 Å². The molecule has 0 aliphatic carbocycles. The number of nitrogens with one attached hydrogen (secondary N) is 1. The minimum absolute atomic E-state index is 0.0496. The molecule has 0 bridgehead atoms. The Morgan fingerprint density at radius 1 is 1.17 bits per heavy atom. The molecule has 0 aliphatic heterocycles. The largest absolute Gasteiger partial charge is 0.389 e. The zero-order valence-electron chi connectivity index (χ0n) is 16.6. The summed E-state index contributed by atoms with van der Waals surface area (Å²) >= 11 is 3.51. The topological polar surface area (TPSA) is 55.6 Å². The lowest BCUT2D eigenvalue weighted by molar-refractivity contribution is -0.155. The van der Waals surface area contributed by atoms with Gasteiger partial charge in [0.2, 0.25) is 0 Å². The number of aromatic amines is 1. The molecule has 3 heterocycles. The van der Waals surface area contributed by atoms with Gasteiger partial charge in [0.1, 0.15) is 0 Å². The predicted octanol–water partition coefficient (Wildman–Crippen LogP) is 5.62. The average Bonchev–Trinajstić information content (AvgIpc) is 3.12. The molecule has 9 heteroatoms. The number of hydrogen-bond acceptors (Lipinski definition) is 2. The van der Waals surface area contributed by atoms with Gasteiger partial charge in [0.25, 0.3) is 0 Å². The molecule has 5 nitrogen and oxygen atoms in total. The first-order chi connectivity index (χ1) is 14.0. The first-order valence-electron chi connectivity index (χ1n) is 9.35. The Labute approximate surface area is 178 Å². The highest BCUT2D eigenvalue weighted by Crippen LogP contribution is 2.35. The lowest BCUT2D eigenvalue weighted by Gasteiger charge is -2.26. The number of imidazole rings is 1. The monoisotopic (exact) mass is 480 g/mol. The zero-order chi connectivity index (χ0) is 21.8. The number of halogens is 4. The van der Waals surface area contributed by atoms with E-state index in [0.717, 1.165) is 20.9 Å². The van der Waals surface area contributed by atoms with E-state index in [1.54, 1.807) is 19.2 Å². The fourth-order valence-corrected chi connectivity index (χ4v) is 4.30. The number of nitrogens with zero attached hydrogens (tertiary/aromatic N) is 3.